The van der Waals surface area contributed by atoms with E-state index in [0.717, 1.165) is 11.0 Å². The van der Waals surface area contributed by atoms with E-state index in [4.69, 9.17) is 9.31 Å². The number of hydrogen-bond acceptors (Lipinski definition) is 4. The van der Waals surface area contributed by atoms with Gasteiger partial charge >= 0.3 is 13.7 Å². The van der Waals surface area contributed by atoms with E-state index in [2.05, 4.69) is 10.1 Å². The summed E-state index contributed by atoms with van der Waals surface area (Å²) in [7, 11) is 1.33. The Bertz CT molecular complexity index is 589. The van der Waals surface area contributed by atoms with Crippen LogP contribution in [0.5, 0.6) is 5.75 Å². The molecular formula is C17H24BF2NO3. The first-order valence-corrected chi connectivity index (χ1v) is 7.90. The topological polar surface area (TPSA) is 39.7 Å². The zero-order valence-electron chi connectivity index (χ0n) is 14.7. The van der Waals surface area contributed by atoms with Gasteiger partial charge < -0.3 is 19.4 Å². The molecule has 4 nitrogen and oxygen atoms in total. The summed E-state index contributed by atoms with van der Waals surface area (Å²) in [5.41, 5.74) is 0.745. The highest BCUT2D eigenvalue weighted by Gasteiger charge is 2.52. The summed E-state index contributed by atoms with van der Waals surface area (Å²) in [6, 6.07) is 6.55. The van der Waals surface area contributed by atoms with Crippen molar-refractivity contribution in [2.45, 2.75) is 45.5 Å². The minimum absolute atomic E-state index is 0.122. The van der Waals surface area contributed by atoms with Crippen LogP contribution in [0, 0.1) is 0 Å². The molecule has 0 spiro atoms. The van der Waals surface area contributed by atoms with E-state index >= 15 is 0 Å². The number of ether oxygens (including phenoxy) is 1. The van der Waals surface area contributed by atoms with Gasteiger partial charge in [0.25, 0.3) is 0 Å². The molecule has 0 unspecified atom stereocenters. The highest BCUT2D eigenvalue weighted by Crippen LogP contribution is 2.38. The van der Waals surface area contributed by atoms with E-state index in [0.29, 0.717) is 6.54 Å². The van der Waals surface area contributed by atoms with Crippen LogP contribution in [0.3, 0.4) is 0 Å². The number of hydrogen-bond donors (Lipinski definition) is 1. The number of halogens is 2. The maximum atomic E-state index is 12.4. The fraction of sp³-hybridized carbons (Fsp3) is 0.529. The molecule has 1 N–H and O–H groups in total. The van der Waals surface area contributed by atoms with Gasteiger partial charge in [0.2, 0.25) is 0 Å². The van der Waals surface area contributed by atoms with Gasteiger partial charge in [-0.15, -0.1) is 0 Å². The molecule has 0 aromatic heterocycles. The highest BCUT2D eigenvalue weighted by atomic mass is 19.3. The van der Waals surface area contributed by atoms with Crippen LogP contribution in [-0.4, -0.2) is 38.5 Å². The molecule has 2 rings (SSSR count). The summed E-state index contributed by atoms with van der Waals surface area (Å²) < 4.78 is 41.3. The molecule has 24 heavy (non-hydrogen) atoms. The summed E-state index contributed by atoms with van der Waals surface area (Å²) in [5.74, 6) is 0.122. The smallest absolute Gasteiger partial charge is 0.435 e. The van der Waals surface area contributed by atoms with Gasteiger partial charge in [0, 0.05) is 6.54 Å². The van der Waals surface area contributed by atoms with Gasteiger partial charge in [-0.25, -0.2) is 0 Å². The average molecular weight is 339 g/mol. The van der Waals surface area contributed by atoms with E-state index in [9.17, 15) is 8.78 Å². The maximum absolute atomic E-state index is 12.4. The standard InChI is InChI=1S/C17H24BF2NO3/c1-16(2)17(3,4)24-18(23-16)13(11-21-5)9-12-7-6-8-14(10-12)22-15(19)20/h6-10,15,21H,11H2,1-5H3. The second kappa shape index (κ2) is 7.21. The minimum Gasteiger partial charge on any atom is -0.435 e. The van der Waals surface area contributed by atoms with Crippen LogP contribution in [0.1, 0.15) is 33.3 Å². The Morgan fingerprint density at radius 3 is 2.42 bits per heavy atom. The Morgan fingerprint density at radius 2 is 1.88 bits per heavy atom. The zero-order chi connectivity index (χ0) is 18.0. The van der Waals surface area contributed by atoms with Crippen molar-refractivity contribution >= 4 is 13.2 Å². The van der Waals surface area contributed by atoms with Gasteiger partial charge in [0.15, 0.2) is 0 Å². The lowest BCUT2D eigenvalue weighted by Crippen LogP contribution is -2.41. The van der Waals surface area contributed by atoms with Gasteiger partial charge in [-0.05, 0) is 57.9 Å². The molecular weight excluding hydrogens is 315 g/mol. The molecule has 0 bridgehead atoms. The summed E-state index contributed by atoms with van der Waals surface area (Å²) in [6.07, 6.45) is 1.87. The lowest BCUT2D eigenvalue weighted by atomic mass is 9.77. The van der Waals surface area contributed by atoms with Crippen LogP contribution in [0.2, 0.25) is 0 Å². The van der Waals surface area contributed by atoms with Crippen molar-refractivity contribution in [2.24, 2.45) is 0 Å². The summed E-state index contributed by atoms with van der Waals surface area (Å²) in [5, 5.41) is 3.09. The minimum atomic E-state index is -2.84. The van der Waals surface area contributed by atoms with E-state index in [-0.39, 0.29) is 5.75 Å². The highest BCUT2D eigenvalue weighted by molar-refractivity contribution is 6.55. The Labute approximate surface area is 142 Å². The van der Waals surface area contributed by atoms with E-state index in [1.807, 2.05) is 46.9 Å². The van der Waals surface area contributed by atoms with Gasteiger partial charge in [-0.2, -0.15) is 8.78 Å². The van der Waals surface area contributed by atoms with E-state index in [1.165, 1.54) is 6.07 Å². The monoisotopic (exact) mass is 339 g/mol. The molecule has 1 aliphatic heterocycles. The number of benzene rings is 1. The third-order valence-electron chi connectivity index (χ3n) is 4.37. The molecule has 1 aromatic rings. The molecule has 0 radical (unpaired) electrons. The normalized spacial score (nSPS) is 19.8. The van der Waals surface area contributed by atoms with Crippen molar-refractivity contribution in [1.29, 1.82) is 0 Å². The zero-order valence-corrected chi connectivity index (χ0v) is 14.7. The quantitative estimate of drug-likeness (QED) is 0.805. The molecule has 1 aliphatic rings. The van der Waals surface area contributed by atoms with Gasteiger partial charge in [-0.3, -0.25) is 0 Å². The molecule has 1 saturated heterocycles. The van der Waals surface area contributed by atoms with Gasteiger partial charge in [-0.1, -0.05) is 18.2 Å². The Kier molecular flexibility index (Phi) is 5.68. The number of nitrogens with one attached hydrogen (secondary N) is 1. The maximum Gasteiger partial charge on any atom is 0.491 e. The van der Waals surface area contributed by atoms with Crippen LogP contribution >= 0.6 is 0 Å². The summed E-state index contributed by atoms with van der Waals surface area (Å²) in [6.45, 7) is 5.66. The van der Waals surface area contributed by atoms with Gasteiger partial charge in [0.05, 0.1) is 11.2 Å². The molecule has 0 aliphatic carbocycles. The second-order valence-corrected chi connectivity index (χ2v) is 6.79. The first-order valence-electron chi connectivity index (χ1n) is 7.90. The molecule has 1 aromatic carbocycles. The van der Waals surface area contributed by atoms with E-state index in [1.54, 1.807) is 12.1 Å². The van der Waals surface area contributed by atoms with Crippen molar-refractivity contribution in [3.8, 4) is 5.75 Å². The third-order valence-corrected chi connectivity index (χ3v) is 4.37. The SMILES string of the molecule is CNCC(=Cc1cccc(OC(F)F)c1)B1OC(C)(C)C(C)(C)O1. The average Bonchev–Trinajstić information content (AvgIpc) is 2.66. The molecule has 0 amide bonds. The van der Waals surface area contributed by atoms with Crippen molar-refractivity contribution in [3.63, 3.8) is 0 Å². The molecule has 7 heteroatoms. The van der Waals surface area contributed by atoms with Crippen LogP contribution in [-0.2, 0) is 9.31 Å². The summed E-state index contributed by atoms with van der Waals surface area (Å²) >= 11 is 0. The number of rotatable bonds is 6. The number of likely N-dealkylation sites (N-methyl/N-ethyl adjacent to an activating group) is 1. The van der Waals surface area contributed by atoms with E-state index < -0.39 is 24.9 Å². The molecule has 132 valence electrons. The first kappa shape index (κ1) is 18.9. The second-order valence-electron chi connectivity index (χ2n) is 6.79. The van der Waals surface area contributed by atoms with Crippen molar-refractivity contribution in [1.82, 2.24) is 5.32 Å². The largest absolute Gasteiger partial charge is 0.491 e. The Hall–Kier alpha value is -1.44. The first-order chi connectivity index (χ1) is 11.1. The fourth-order valence-corrected chi connectivity index (χ4v) is 2.40. The van der Waals surface area contributed by atoms with Gasteiger partial charge in [0.1, 0.15) is 5.75 Å². The van der Waals surface area contributed by atoms with Crippen molar-refractivity contribution in [3.05, 3.63) is 35.3 Å². The van der Waals surface area contributed by atoms with Crippen LogP contribution in [0.25, 0.3) is 6.08 Å². The predicted molar refractivity (Wildman–Crippen MR) is 91.1 cm³/mol. The number of alkyl halides is 2. The summed E-state index contributed by atoms with van der Waals surface area (Å²) in [4.78, 5) is 0. The van der Waals surface area contributed by atoms with Crippen LogP contribution < -0.4 is 10.1 Å². The molecule has 1 fully saturated rings. The van der Waals surface area contributed by atoms with Crippen LogP contribution in [0.4, 0.5) is 8.78 Å². The van der Waals surface area contributed by atoms with Crippen molar-refractivity contribution in [2.75, 3.05) is 13.6 Å². The fourth-order valence-electron chi connectivity index (χ4n) is 2.40. The predicted octanol–water partition coefficient (Wildman–Crippen LogP) is 3.52. The lowest BCUT2D eigenvalue weighted by molar-refractivity contribution is -0.0498. The Morgan fingerprint density at radius 1 is 1.25 bits per heavy atom. The van der Waals surface area contributed by atoms with Crippen LogP contribution in [0.15, 0.2) is 29.7 Å². The lowest BCUT2D eigenvalue weighted by Gasteiger charge is -2.32. The molecule has 1 heterocycles. The van der Waals surface area contributed by atoms with Crippen molar-refractivity contribution < 1.29 is 22.8 Å². The Balaban J connectivity index is 2.26. The molecule has 0 saturated carbocycles. The molecule has 0 atom stereocenters. The third kappa shape index (κ3) is 4.34.